The topological polar surface area (TPSA) is 59.6 Å². The van der Waals surface area contributed by atoms with Gasteiger partial charge in [0.2, 0.25) is 0 Å². The van der Waals surface area contributed by atoms with Crippen LogP contribution in [0.3, 0.4) is 0 Å². The highest BCUT2D eigenvalue weighted by Gasteiger charge is 2.11. The lowest BCUT2D eigenvalue weighted by Crippen LogP contribution is -2.34. The maximum absolute atomic E-state index is 12.2. The van der Waals surface area contributed by atoms with Crippen molar-refractivity contribution in [1.29, 1.82) is 0 Å². The Morgan fingerprint density at radius 3 is 2.43 bits per heavy atom. The summed E-state index contributed by atoms with van der Waals surface area (Å²) in [5.74, 6) is 0.747. The third-order valence-electron chi connectivity index (χ3n) is 3.00. The van der Waals surface area contributed by atoms with Crippen LogP contribution in [0.5, 0.6) is 11.5 Å². The van der Waals surface area contributed by atoms with Gasteiger partial charge in [-0.05, 0) is 42.5 Å². The van der Waals surface area contributed by atoms with Crippen molar-refractivity contribution in [3.05, 3.63) is 53.1 Å². The number of amides is 1. The van der Waals surface area contributed by atoms with E-state index in [0.717, 1.165) is 0 Å². The fraction of sp³-hybridized carbons (Fsp3) is 0.125. The number of para-hydroxylation sites is 2. The molecule has 0 saturated carbocycles. The van der Waals surface area contributed by atoms with E-state index < -0.39 is 0 Å². The molecule has 0 spiro atoms. The molecule has 23 heavy (non-hydrogen) atoms. The Balaban J connectivity index is 2.05. The van der Waals surface area contributed by atoms with E-state index in [0.29, 0.717) is 27.8 Å². The average Bonchev–Trinajstić information content (AvgIpc) is 2.55. The molecule has 5 nitrogen and oxygen atoms in total. The number of anilines is 1. The van der Waals surface area contributed by atoms with E-state index in [2.05, 4.69) is 10.6 Å². The van der Waals surface area contributed by atoms with Crippen LogP contribution in [0.4, 0.5) is 5.69 Å². The molecule has 120 valence electrons. The number of hydrogen-bond acceptors (Lipinski definition) is 4. The largest absolute Gasteiger partial charge is 0.495 e. The molecule has 0 aliphatic heterocycles. The van der Waals surface area contributed by atoms with Crippen molar-refractivity contribution < 1.29 is 14.3 Å². The molecule has 2 aromatic carbocycles. The van der Waals surface area contributed by atoms with Crippen molar-refractivity contribution in [3.8, 4) is 11.5 Å². The number of hydrogen-bond donors (Lipinski definition) is 2. The Bertz CT molecular complexity index is 737. The molecule has 0 radical (unpaired) electrons. The van der Waals surface area contributed by atoms with Gasteiger partial charge in [-0.2, -0.15) is 0 Å². The molecular formula is C16H15ClN2O3S. The molecule has 0 aliphatic carbocycles. The minimum absolute atomic E-state index is 0.159. The van der Waals surface area contributed by atoms with E-state index in [4.69, 9.17) is 33.3 Å². The monoisotopic (exact) mass is 350 g/mol. The van der Waals surface area contributed by atoms with Crippen LogP contribution in [-0.2, 0) is 0 Å². The lowest BCUT2D eigenvalue weighted by atomic mass is 10.2. The first-order chi connectivity index (χ1) is 11.0. The van der Waals surface area contributed by atoms with E-state index in [1.807, 2.05) is 12.1 Å². The number of rotatable bonds is 4. The fourth-order valence-electron chi connectivity index (χ4n) is 1.88. The van der Waals surface area contributed by atoms with Crippen LogP contribution < -0.4 is 20.1 Å². The number of methoxy groups -OCH3 is 2. The SMILES string of the molecule is COc1ccc(C(=O)NC(=S)Nc2ccccc2OC)cc1Cl. The normalized spacial score (nSPS) is 9.87. The van der Waals surface area contributed by atoms with Gasteiger partial charge in [0.25, 0.3) is 5.91 Å². The van der Waals surface area contributed by atoms with Gasteiger partial charge in [-0.25, -0.2) is 0 Å². The zero-order valence-corrected chi connectivity index (χ0v) is 14.1. The molecule has 1 amide bonds. The van der Waals surface area contributed by atoms with Crippen molar-refractivity contribution in [2.75, 3.05) is 19.5 Å². The van der Waals surface area contributed by atoms with E-state index in [1.54, 1.807) is 31.4 Å². The summed E-state index contributed by atoms with van der Waals surface area (Å²) in [7, 11) is 3.06. The fourth-order valence-corrected chi connectivity index (χ4v) is 2.34. The zero-order valence-electron chi connectivity index (χ0n) is 12.6. The standard InChI is InChI=1S/C16H15ClN2O3S/c1-21-13-8-7-10(9-11(13)17)15(20)19-16(23)18-12-5-3-4-6-14(12)22-2/h3-9H,1-2H3,(H2,18,19,20,23). The minimum Gasteiger partial charge on any atom is -0.495 e. The summed E-state index contributed by atoms with van der Waals surface area (Å²) in [6.07, 6.45) is 0. The van der Waals surface area contributed by atoms with Gasteiger partial charge < -0.3 is 14.8 Å². The zero-order chi connectivity index (χ0) is 16.8. The molecular weight excluding hydrogens is 336 g/mol. The Morgan fingerprint density at radius 2 is 1.78 bits per heavy atom. The number of thiocarbonyl (C=S) groups is 1. The second-order valence-corrected chi connectivity index (χ2v) is 5.27. The summed E-state index contributed by atoms with van der Waals surface area (Å²) in [4.78, 5) is 12.2. The average molecular weight is 351 g/mol. The summed E-state index contributed by atoms with van der Waals surface area (Å²) in [5.41, 5.74) is 1.04. The summed E-state index contributed by atoms with van der Waals surface area (Å²) in [5, 5.41) is 6.01. The minimum atomic E-state index is -0.373. The maximum atomic E-state index is 12.2. The van der Waals surface area contributed by atoms with Gasteiger partial charge in [-0.3, -0.25) is 10.1 Å². The predicted octanol–water partition coefficient (Wildman–Crippen LogP) is 3.48. The molecule has 2 N–H and O–H groups in total. The van der Waals surface area contributed by atoms with E-state index in [9.17, 15) is 4.79 Å². The van der Waals surface area contributed by atoms with Crippen molar-refractivity contribution in [2.24, 2.45) is 0 Å². The molecule has 0 saturated heterocycles. The molecule has 0 bridgehead atoms. The molecule has 0 fully saturated rings. The van der Waals surface area contributed by atoms with Crippen LogP contribution in [-0.4, -0.2) is 25.2 Å². The molecule has 0 heterocycles. The number of carbonyl (C=O) groups excluding carboxylic acids is 1. The Morgan fingerprint density at radius 1 is 1.09 bits per heavy atom. The van der Waals surface area contributed by atoms with Crippen LogP contribution >= 0.6 is 23.8 Å². The van der Waals surface area contributed by atoms with E-state index >= 15 is 0 Å². The maximum Gasteiger partial charge on any atom is 0.257 e. The Labute approximate surface area is 144 Å². The molecule has 2 aromatic rings. The van der Waals surface area contributed by atoms with Gasteiger partial charge in [0.15, 0.2) is 5.11 Å². The summed E-state index contributed by atoms with van der Waals surface area (Å²) < 4.78 is 10.3. The Hall–Kier alpha value is -2.31. The molecule has 7 heteroatoms. The quantitative estimate of drug-likeness (QED) is 0.827. The van der Waals surface area contributed by atoms with Gasteiger partial charge in [0, 0.05) is 5.56 Å². The van der Waals surface area contributed by atoms with Crippen LogP contribution in [0, 0.1) is 0 Å². The number of benzene rings is 2. The first kappa shape index (κ1) is 17.1. The molecule has 0 aliphatic rings. The van der Waals surface area contributed by atoms with Crippen molar-refractivity contribution >= 4 is 40.5 Å². The third kappa shape index (κ3) is 4.34. The van der Waals surface area contributed by atoms with Crippen molar-refractivity contribution in [1.82, 2.24) is 5.32 Å². The lowest BCUT2D eigenvalue weighted by Gasteiger charge is -2.13. The number of nitrogens with one attached hydrogen (secondary N) is 2. The van der Waals surface area contributed by atoms with Crippen LogP contribution in [0.25, 0.3) is 0 Å². The van der Waals surface area contributed by atoms with Crippen LogP contribution in [0.1, 0.15) is 10.4 Å². The lowest BCUT2D eigenvalue weighted by molar-refractivity contribution is 0.0977. The molecule has 2 rings (SSSR count). The second-order valence-electron chi connectivity index (χ2n) is 4.46. The van der Waals surface area contributed by atoms with Gasteiger partial charge >= 0.3 is 0 Å². The number of halogens is 1. The Kier molecular flexibility index (Phi) is 5.78. The first-order valence-electron chi connectivity index (χ1n) is 6.64. The number of ether oxygens (including phenoxy) is 2. The molecule has 0 atom stereocenters. The van der Waals surface area contributed by atoms with Gasteiger partial charge in [-0.1, -0.05) is 23.7 Å². The summed E-state index contributed by atoms with van der Waals surface area (Å²) in [6, 6.07) is 12.0. The summed E-state index contributed by atoms with van der Waals surface area (Å²) in [6.45, 7) is 0. The van der Waals surface area contributed by atoms with Crippen LogP contribution in [0.15, 0.2) is 42.5 Å². The third-order valence-corrected chi connectivity index (χ3v) is 3.50. The highest BCUT2D eigenvalue weighted by atomic mass is 35.5. The molecule has 0 unspecified atom stereocenters. The van der Waals surface area contributed by atoms with Gasteiger partial charge in [-0.15, -0.1) is 0 Å². The van der Waals surface area contributed by atoms with E-state index in [-0.39, 0.29) is 11.0 Å². The molecule has 0 aromatic heterocycles. The predicted molar refractivity (Wildman–Crippen MR) is 94.7 cm³/mol. The first-order valence-corrected chi connectivity index (χ1v) is 7.42. The van der Waals surface area contributed by atoms with Crippen LogP contribution in [0.2, 0.25) is 5.02 Å². The van der Waals surface area contributed by atoms with Gasteiger partial charge in [0.1, 0.15) is 11.5 Å². The number of carbonyl (C=O) groups is 1. The smallest absolute Gasteiger partial charge is 0.257 e. The van der Waals surface area contributed by atoms with Crippen molar-refractivity contribution in [3.63, 3.8) is 0 Å². The second kappa shape index (κ2) is 7.80. The van der Waals surface area contributed by atoms with E-state index in [1.165, 1.54) is 13.2 Å². The highest BCUT2D eigenvalue weighted by Crippen LogP contribution is 2.25. The van der Waals surface area contributed by atoms with Gasteiger partial charge in [0.05, 0.1) is 24.9 Å². The summed E-state index contributed by atoms with van der Waals surface area (Å²) >= 11 is 11.2. The highest BCUT2D eigenvalue weighted by molar-refractivity contribution is 7.80. The van der Waals surface area contributed by atoms with Crippen molar-refractivity contribution in [2.45, 2.75) is 0 Å².